The summed E-state index contributed by atoms with van der Waals surface area (Å²) in [6.07, 6.45) is 0.0448. The van der Waals surface area contributed by atoms with E-state index in [0.717, 1.165) is 0 Å². The average molecular weight is 363 g/mol. The van der Waals surface area contributed by atoms with Crippen molar-refractivity contribution < 1.29 is 14.3 Å². The van der Waals surface area contributed by atoms with E-state index < -0.39 is 12.0 Å². The Morgan fingerprint density at radius 2 is 1.42 bits per heavy atom. The highest BCUT2D eigenvalue weighted by molar-refractivity contribution is 6.55. The monoisotopic (exact) mass is 361 g/mol. The largest absolute Gasteiger partial charge is 0.422 e. The van der Waals surface area contributed by atoms with Gasteiger partial charge in [0.05, 0.1) is 21.5 Å². The second-order valence-corrected chi connectivity index (χ2v) is 5.53. The molecule has 1 aliphatic rings. The molecular formula is C10H4Cl5NO3. The zero-order chi connectivity index (χ0) is 14.3. The molecule has 0 bridgehead atoms. The number of halogens is 5. The fraction of sp³-hybridized carbons (Fsp3) is 0.200. The number of benzene rings is 1. The average Bonchev–Trinajstić information content (AvgIpc) is 2.35. The second kappa shape index (κ2) is 5.54. The van der Waals surface area contributed by atoms with Gasteiger partial charge in [0.25, 0.3) is 0 Å². The van der Waals surface area contributed by atoms with Gasteiger partial charge in [-0.25, -0.2) is 4.79 Å². The predicted molar refractivity (Wildman–Crippen MR) is 73.7 cm³/mol. The molecule has 9 heteroatoms. The van der Waals surface area contributed by atoms with Gasteiger partial charge in [0, 0.05) is 0 Å². The normalized spacial score (nSPS) is 17.7. The van der Waals surface area contributed by atoms with Crippen LogP contribution in [-0.2, 0) is 9.59 Å². The highest BCUT2D eigenvalue weighted by atomic mass is 35.5. The van der Waals surface area contributed by atoms with Crippen LogP contribution in [0.15, 0.2) is 0 Å². The molecule has 1 N–H and O–H groups in total. The van der Waals surface area contributed by atoms with Crippen LogP contribution in [0, 0.1) is 0 Å². The Kier molecular flexibility index (Phi) is 4.38. The van der Waals surface area contributed by atoms with E-state index in [-0.39, 0.29) is 43.2 Å². The molecule has 19 heavy (non-hydrogen) atoms. The molecule has 1 heterocycles. The van der Waals surface area contributed by atoms with Gasteiger partial charge >= 0.3 is 5.97 Å². The van der Waals surface area contributed by atoms with Crippen molar-refractivity contribution in [1.82, 2.24) is 5.32 Å². The summed E-state index contributed by atoms with van der Waals surface area (Å²) in [6.45, 7) is 0. The molecular weight excluding hydrogens is 359 g/mol. The van der Waals surface area contributed by atoms with Crippen molar-refractivity contribution in [2.75, 3.05) is 0 Å². The van der Waals surface area contributed by atoms with Crippen molar-refractivity contribution in [3.05, 3.63) is 25.1 Å². The van der Waals surface area contributed by atoms with E-state index in [1.54, 1.807) is 0 Å². The standard InChI is InChI=1S/C10H4Cl5NO3/c11-4-5(12)7(14)9(8(15)6(4)13)19-10(18)2-1-3(17)16-2/h2H,1H2,(H,16,17)/t2-/m0/s1. The Hall–Kier alpha value is -0.390. The molecule has 0 radical (unpaired) electrons. The third-order valence-electron chi connectivity index (χ3n) is 2.38. The molecule has 0 aliphatic carbocycles. The van der Waals surface area contributed by atoms with E-state index >= 15 is 0 Å². The summed E-state index contributed by atoms with van der Waals surface area (Å²) in [5.74, 6) is -1.14. The van der Waals surface area contributed by atoms with E-state index in [9.17, 15) is 9.59 Å². The van der Waals surface area contributed by atoms with Crippen molar-refractivity contribution in [2.45, 2.75) is 12.5 Å². The SMILES string of the molecule is O=C1C[C@@H](C(=O)Oc2c(Cl)c(Cl)c(Cl)c(Cl)c2Cl)N1. The Morgan fingerprint density at radius 3 is 1.84 bits per heavy atom. The van der Waals surface area contributed by atoms with E-state index in [1.807, 2.05) is 0 Å². The van der Waals surface area contributed by atoms with E-state index in [1.165, 1.54) is 0 Å². The van der Waals surface area contributed by atoms with Crippen LogP contribution in [0.3, 0.4) is 0 Å². The molecule has 1 aromatic rings. The lowest BCUT2D eigenvalue weighted by molar-refractivity contribution is -0.145. The third kappa shape index (κ3) is 2.73. The van der Waals surface area contributed by atoms with Crippen LogP contribution < -0.4 is 10.1 Å². The summed E-state index contributed by atoms with van der Waals surface area (Å²) in [4.78, 5) is 22.4. The molecule has 0 unspecified atom stereocenters. The summed E-state index contributed by atoms with van der Waals surface area (Å²) in [5, 5.41) is 1.93. The van der Waals surface area contributed by atoms with E-state index in [0.29, 0.717) is 0 Å². The molecule has 1 saturated heterocycles. The second-order valence-electron chi connectivity index (χ2n) is 3.64. The number of nitrogens with one attached hydrogen (secondary N) is 1. The quantitative estimate of drug-likeness (QED) is 0.286. The Balaban J connectivity index is 2.30. The minimum absolute atomic E-state index is 0.0323. The van der Waals surface area contributed by atoms with Crippen molar-refractivity contribution in [2.24, 2.45) is 0 Å². The van der Waals surface area contributed by atoms with Crippen LogP contribution in [0.2, 0.25) is 25.1 Å². The molecule has 1 aromatic carbocycles. The minimum Gasteiger partial charge on any atom is -0.422 e. The number of carbonyl (C=O) groups excluding carboxylic acids is 2. The molecule has 0 spiro atoms. The first-order valence-corrected chi connectivity index (χ1v) is 6.74. The number of β-lactam (4-membered cyclic amide) rings is 1. The third-order valence-corrected chi connectivity index (χ3v) is 4.62. The molecule has 1 amide bonds. The van der Waals surface area contributed by atoms with Crippen molar-refractivity contribution in [3.63, 3.8) is 0 Å². The van der Waals surface area contributed by atoms with Crippen molar-refractivity contribution in [1.29, 1.82) is 0 Å². The molecule has 102 valence electrons. The summed E-state index contributed by atoms with van der Waals surface area (Å²) in [6, 6.07) is -0.729. The molecule has 2 rings (SSSR count). The lowest BCUT2D eigenvalue weighted by Gasteiger charge is -2.25. The first-order valence-electron chi connectivity index (χ1n) is 4.85. The van der Waals surface area contributed by atoms with E-state index in [2.05, 4.69) is 5.32 Å². The highest BCUT2D eigenvalue weighted by Gasteiger charge is 2.34. The Bertz CT molecular complexity index is 552. The molecule has 0 saturated carbocycles. The fourth-order valence-corrected chi connectivity index (χ4v) is 2.55. The highest BCUT2D eigenvalue weighted by Crippen LogP contribution is 2.48. The predicted octanol–water partition coefficient (Wildman–Crippen LogP) is 3.75. The summed E-state index contributed by atoms with van der Waals surface area (Å²) in [5.41, 5.74) is 0. The summed E-state index contributed by atoms with van der Waals surface area (Å²) in [7, 11) is 0. The van der Waals surface area contributed by atoms with Gasteiger partial charge in [-0.2, -0.15) is 0 Å². The lowest BCUT2D eigenvalue weighted by Crippen LogP contribution is -2.54. The molecule has 0 aromatic heterocycles. The number of hydrogen-bond donors (Lipinski definition) is 1. The van der Waals surface area contributed by atoms with Crippen LogP contribution >= 0.6 is 58.0 Å². The number of rotatable bonds is 2. The van der Waals surface area contributed by atoms with Gasteiger partial charge in [-0.1, -0.05) is 58.0 Å². The number of hydrogen-bond acceptors (Lipinski definition) is 3. The minimum atomic E-state index is -0.729. The maximum atomic E-state index is 11.7. The van der Waals surface area contributed by atoms with Crippen molar-refractivity contribution >= 4 is 69.9 Å². The number of ether oxygens (including phenoxy) is 1. The summed E-state index contributed by atoms with van der Waals surface area (Å²) >= 11 is 29.2. The topological polar surface area (TPSA) is 55.4 Å². The van der Waals surface area contributed by atoms with Crippen LogP contribution in [-0.4, -0.2) is 17.9 Å². The fourth-order valence-electron chi connectivity index (χ4n) is 1.35. The Labute approximate surface area is 132 Å². The first kappa shape index (κ1) is 15.0. The van der Waals surface area contributed by atoms with Gasteiger partial charge in [0.15, 0.2) is 5.75 Å². The van der Waals surface area contributed by atoms with E-state index in [4.69, 9.17) is 62.7 Å². The maximum absolute atomic E-state index is 11.7. The van der Waals surface area contributed by atoms with Gasteiger partial charge in [0.1, 0.15) is 16.1 Å². The number of carbonyl (C=O) groups is 2. The van der Waals surface area contributed by atoms with Gasteiger partial charge in [-0.05, 0) is 0 Å². The van der Waals surface area contributed by atoms with Gasteiger partial charge in [-0.15, -0.1) is 0 Å². The van der Waals surface area contributed by atoms with Crippen LogP contribution in [0.4, 0.5) is 0 Å². The lowest BCUT2D eigenvalue weighted by atomic mass is 10.1. The number of esters is 1. The zero-order valence-electron chi connectivity index (χ0n) is 8.90. The first-order chi connectivity index (χ1) is 8.82. The molecule has 4 nitrogen and oxygen atoms in total. The number of amides is 1. The van der Waals surface area contributed by atoms with Gasteiger partial charge in [0.2, 0.25) is 5.91 Å². The zero-order valence-corrected chi connectivity index (χ0v) is 12.7. The molecule has 1 aliphatic heterocycles. The van der Waals surface area contributed by atoms with Crippen LogP contribution in [0.5, 0.6) is 5.75 Å². The maximum Gasteiger partial charge on any atom is 0.334 e. The van der Waals surface area contributed by atoms with Gasteiger partial charge < -0.3 is 10.1 Å². The molecule has 1 fully saturated rings. The smallest absolute Gasteiger partial charge is 0.334 e. The summed E-state index contributed by atoms with van der Waals surface area (Å²) < 4.78 is 5.00. The van der Waals surface area contributed by atoms with Crippen LogP contribution in [0.25, 0.3) is 0 Å². The van der Waals surface area contributed by atoms with Crippen LogP contribution in [0.1, 0.15) is 6.42 Å². The van der Waals surface area contributed by atoms with Crippen molar-refractivity contribution in [3.8, 4) is 5.75 Å². The molecule has 1 atom stereocenters. The Morgan fingerprint density at radius 1 is 1.00 bits per heavy atom. The van der Waals surface area contributed by atoms with Gasteiger partial charge in [-0.3, -0.25) is 4.79 Å².